The van der Waals surface area contributed by atoms with E-state index in [1.165, 1.54) is 11.0 Å². The Morgan fingerprint density at radius 1 is 1.33 bits per heavy atom. The number of nitrogens with one attached hydrogen (secondary N) is 1. The van der Waals surface area contributed by atoms with E-state index in [-0.39, 0.29) is 12.3 Å². The third-order valence-corrected chi connectivity index (χ3v) is 3.51. The van der Waals surface area contributed by atoms with Gasteiger partial charge in [-0.1, -0.05) is 11.6 Å². The number of ether oxygens (including phenoxy) is 1. The van der Waals surface area contributed by atoms with Crippen molar-refractivity contribution in [1.82, 2.24) is 19.7 Å². The molecule has 0 atom stereocenters. The number of anilines is 1. The molecule has 24 heavy (non-hydrogen) atoms. The lowest BCUT2D eigenvalue weighted by molar-refractivity contribution is -0.115. The number of halogens is 1. The Morgan fingerprint density at radius 3 is 2.88 bits per heavy atom. The van der Waals surface area contributed by atoms with Gasteiger partial charge in [-0.15, -0.1) is 0 Å². The van der Waals surface area contributed by atoms with Gasteiger partial charge in [-0.2, -0.15) is 5.10 Å². The molecule has 3 aromatic rings. The predicted molar refractivity (Wildman–Crippen MR) is 89.5 cm³/mol. The number of rotatable bonds is 5. The molecule has 0 bridgehead atoms. The largest absolute Gasteiger partial charge is 0.496 e. The fourth-order valence-corrected chi connectivity index (χ4v) is 2.38. The molecule has 0 radical (unpaired) electrons. The van der Waals surface area contributed by atoms with Crippen molar-refractivity contribution in [2.45, 2.75) is 6.42 Å². The Bertz CT molecular complexity index is 834. The third-order valence-electron chi connectivity index (χ3n) is 3.28. The minimum atomic E-state index is -0.189. The zero-order valence-corrected chi connectivity index (χ0v) is 13.6. The normalized spacial score (nSPS) is 10.4. The average molecular weight is 344 g/mol. The molecule has 1 aromatic carbocycles. The lowest BCUT2D eigenvalue weighted by Crippen LogP contribution is -2.15. The van der Waals surface area contributed by atoms with Gasteiger partial charge in [-0.25, -0.2) is 14.6 Å². The highest BCUT2D eigenvalue weighted by Gasteiger charge is 2.10. The summed E-state index contributed by atoms with van der Waals surface area (Å²) >= 11 is 5.97. The average Bonchev–Trinajstić information content (AvgIpc) is 3.10. The number of methoxy groups -OCH3 is 1. The predicted octanol–water partition coefficient (Wildman–Crippen LogP) is 2.51. The van der Waals surface area contributed by atoms with Crippen LogP contribution in [-0.2, 0) is 11.2 Å². The summed E-state index contributed by atoms with van der Waals surface area (Å²) in [6.07, 6.45) is 4.68. The number of carbonyl (C=O) groups excluding carboxylic acids is 1. The molecule has 2 heterocycles. The molecule has 0 aliphatic carbocycles. The lowest BCUT2D eigenvalue weighted by Gasteiger charge is -2.10. The van der Waals surface area contributed by atoms with Crippen LogP contribution in [0.25, 0.3) is 5.82 Å². The van der Waals surface area contributed by atoms with Crippen molar-refractivity contribution in [3.63, 3.8) is 0 Å². The highest BCUT2D eigenvalue weighted by atomic mass is 35.5. The van der Waals surface area contributed by atoms with Crippen molar-refractivity contribution < 1.29 is 9.53 Å². The van der Waals surface area contributed by atoms with Gasteiger partial charge < -0.3 is 10.1 Å². The summed E-state index contributed by atoms with van der Waals surface area (Å²) in [5.74, 6) is 1.04. The fourth-order valence-electron chi connectivity index (χ4n) is 2.19. The quantitative estimate of drug-likeness (QED) is 0.769. The van der Waals surface area contributed by atoms with Crippen molar-refractivity contribution in [1.29, 1.82) is 0 Å². The zero-order chi connectivity index (χ0) is 16.9. The molecule has 0 unspecified atom stereocenters. The number of aromatic nitrogens is 4. The molecular formula is C16H14ClN5O2. The molecule has 0 saturated carbocycles. The van der Waals surface area contributed by atoms with Crippen LogP contribution in [0.4, 0.5) is 5.69 Å². The van der Waals surface area contributed by atoms with Gasteiger partial charge in [0, 0.05) is 10.6 Å². The van der Waals surface area contributed by atoms with Crippen LogP contribution in [0.5, 0.6) is 5.75 Å². The Morgan fingerprint density at radius 2 is 2.21 bits per heavy atom. The van der Waals surface area contributed by atoms with Crippen LogP contribution < -0.4 is 10.1 Å². The van der Waals surface area contributed by atoms with Crippen LogP contribution in [0.15, 0.2) is 49.2 Å². The molecule has 1 amide bonds. The topological polar surface area (TPSA) is 81.9 Å². The number of pyridine rings is 1. The molecule has 0 spiro atoms. The smallest absolute Gasteiger partial charge is 0.228 e. The number of carbonyl (C=O) groups is 1. The second kappa shape index (κ2) is 7.10. The van der Waals surface area contributed by atoms with E-state index in [1.807, 2.05) is 0 Å². The van der Waals surface area contributed by atoms with Crippen LogP contribution in [0.2, 0.25) is 5.02 Å². The van der Waals surface area contributed by atoms with Crippen LogP contribution in [0.1, 0.15) is 5.56 Å². The van der Waals surface area contributed by atoms with Crippen LogP contribution in [-0.4, -0.2) is 32.8 Å². The summed E-state index contributed by atoms with van der Waals surface area (Å²) in [6.45, 7) is 0. The van der Waals surface area contributed by atoms with Crippen molar-refractivity contribution in [2.24, 2.45) is 0 Å². The molecule has 0 aliphatic heterocycles. The molecule has 0 fully saturated rings. The molecular weight excluding hydrogens is 330 g/mol. The maximum atomic E-state index is 12.2. The summed E-state index contributed by atoms with van der Waals surface area (Å²) in [7, 11) is 1.55. The van der Waals surface area contributed by atoms with E-state index in [4.69, 9.17) is 16.3 Å². The summed E-state index contributed by atoms with van der Waals surface area (Å²) in [4.78, 5) is 20.3. The van der Waals surface area contributed by atoms with E-state index in [0.29, 0.717) is 22.3 Å². The minimum absolute atomic E-state index is 0.147. The molecule has 122 valence electrons. The first-order valence-electron chi connectivity index (χ1n) is 7.09. The van der Waals surface area contributed by atoms with Gasteiger partial charge in [0.2, 0.25) is 5.91 Å². The van der Waals surface area contributed by atoms with E-state index in [1.54, 1.807) is 50.0 Å². The SMILES string of the molecule is COc1ccc(Cl)cc1CC(=O)Nc1ccc(-n2cncn2)nc1. The van der Waals surface area contributed by atoms with Gasteiger partial charge in [-0.3, -0.25) is 4.79 Å². The number of nitrogens with zero attached hydrogens (tertiary/aromatic N) is 4. The Labute approximate surface area is 143 Å². The number of amides is 1. The van der Waals surface area contributed by atoms with E-state index in [0.717, 1.165) is 5.56 Å². The Hall–Kier alpha value is -2.93. The molecule has 7 nitrogen and oxygen atoms in total. The molecule has 0 aliphatic rings. The van der Waals surface area contributed by atoms with Gasteiger partial charge in [-0.05, 0) is 30.3 Å². The van der Waals surface area contributed by atoms with E-state index >= 15 is 0 Å². The summed E-state index contributed by atoms with van der Waals surface area (Å²) < 4.78 is 6.77. The van der Waals surface area contributed by atoms with E-state index in [9.17, 15) is 4.79 Å². The van der Waals surface area contributed by atoms with Gasteiger partial charge >= 0.3 is 0 Å². The molecule has 8 heteroatoms. The van der Waals surface area contributed by atoms with Crippen molar-refractivity contribution in [3.8, 4) is 11.6 Å². The Kier molecular flexibility index (Phi) is 4.72. The van der Waals surface area contributed by atoms with Crippen molar-refractivity contribution in [2.75, 3.05) is 12.4 Å². The van der Waals surface area contributed by atoms with E-state index in [2.05, 4.69) is 20.4 Å². The van der Waals surface area contributed by atoms with Gasteiger partial charge in [0.1, 0.15) is 18.4 Å². The first kappa shape index (κ1) is 15.9. The maximum Gasteiger partial charge on any atom is 0.228 e. The monoisotopic (exact) mass is 343 g/mol. The number of hydrogen-bond donors (Lipinski definition) is 1. The molecule has 3 rings (SSSR count). The third kappa shape index (κ3) is 3.69. The molecule has 1 N–H and O–H groups in total. The lowest BCUT2D eigenvalue weighted by atomic mass is 10.1. The maximum absolute atomic E-state index is 12.2. The fraction of sp³-hybridized carbons (Fsp3) is 0.125. The molecule has 0 saturated heterocycles. The summed E-state index contributed by atoms with van der Waals surface area (Å²) in [5.41, 5.74) is 1.31. The van der Waals surface area contributed by atoms with Crippen LogP contribution in [0.3, 0.4) is 0 Å². The highest BCUT2D eigenvalue weighted by Crippen LogP contribution is 2.23. The summed E-state index contributed by atoms with van der Waals surface area (Å²) in [5, 5.41) is 7.33. The van der Waals surface area contributed by atoms with Crippen molar-refractivity contribution in [3.05, 3.63) is 59.8 Å². The van der Waals surface area contributed by atoms with Gasteiger partial charge in [0.05, 0.1) is 25.4 Å². The van der Waals surface area contributed by atoms with Crippen molar-refractivity contribution >= 4 is 23.2 Å². The highest BCUT2D eigenvalue weighted by molar-refractivity contribution is 6.30. The number of benzene rings is 1. The second-order valence-electron chi connectivity index (χ2n) is 4.93. The van der Waals surface area contributed by atoms with Gasteiger partial charge in [0.25, 0.3) is 0 Å². The number of hydrogen-bond acceptors (Lipinski definition) is 5. The Balaban J connectivity index is 1.68. The standard InChI is InChI=1S/C16H14ClN5O2/c1-24-14-4-2-12(17)6-11(14)7-16(23)21-13-3-5-15(19-8-13)22-10-18-9-20-22/h2-6,8-10H,7H2,1H3,(H,21,23). The first-order valence-corrected chi connectivity index (χ1v) is 7.47. The zero-order valence-electron chi connectivity index (χ0n) is 12.8. The summed E-state index contributed by atoms with van der Waals surface area (Å²) in [6, 6.07) is 8.65. The minimum Gasteiger partial charge on any atom is -0.496 e. The van der Waals surface area contributed by atoms with Crippen LogP contribution in [0, 0.1) is 0 Å². The second-order valence-corrected chi connectivity index (χ2v) is 5.36. The first-order chi connectivity index (χ1) is 11.7. The van der Waals surface area contributed by atoms with E-state index < -0.39 is 0 Å². The molecule has 2 aromatic heterocycles. The van der Waals surface area contributed by atoms with Crippen LogP contribution >= 0.6 is 11.6 Å². The van der Waals surface area contributed by atoms with Gasteiger partial charge in [0.15, 0.2) is 5.82 Å².